The fraction of sp³-hybridized carbons (Fsp3) is 1.00. The van der Waals surface area contributed by atoms with Gasteiger partial charge in [0.2, 0.25) is 0 Å². The van der Waals surface area contributed by atoms with Crippen LogP contribution < -0.4 is 5.32 Å². The molecule has 0 unspecified atom stereocenters. The number of nitrogens with one attached hydrogen (secondary N) is 1. The normalized spacial score (nSPS) is 36.1. The zero-order chi connectivity index (χ0) is 10.9. The minimum Gasteiger partial charge on any atom is -0.348 e. The molecule has 2 aliphatic rings. The Kier molecular flexibility index (Phi) is 3.35. The maximum atomic E-state index is 5.74. The number of hydrogen-bond acceptors (Lipinski definition) is 4. The van der Waals surface area contributed by atoms with E-state index in [1.54, 1.807) is 0 Å². The molecule has 5 heteroatoms. The Hall–Kier alpha value is -0.0951. The van der Waals surface area contributed by atoms with Crippen molar-refractivity contribution in [1.82, 2.24) is 10.1 Å². The van der Waals surface area contributed by atoms with E-state index in [1.165, 1.54) is 13.0 Å². The Morgan fingerprint density at radius 2 is 2.33 bits per heavy atom. The van der Waals surface area contributed by atoms with E-state index in [4.69, 9.17) is 9.47 Å². The Labute approximate surface area is 92.7 Å². The average molecular weight is 212 g/mol. The molecule has 86 valence electrons. The second-order valence-electron chi connectivity index (χ2n) is 5.11. The summed E-state index contributed by atoms with van der Waals surface area (Å²) in [5.74, 6) is -0.390. The molecule has 0 aliphatic carbocycles. The van der Waals surface area contributed by atoms with E-state index < -0.39 is 5.79 Å². The summed E-state index contributed by atoms with van der Waals surface area (Å²) in [6, 6.07) is 0.627. The third kappa shape index (κ3) is 3.18. The average Bonchev–Trinajstić information content (AvgIpc) is 2.69. The molecule has 1 N–H and O–H groups in total. The highest BCUT2D eigenvalue weighted by Crippen LogP contribution is 2.21. The fourth-order valence-corrected chi connectivity index (χ4v) is 2.26. The van der Waals surface area contributed by atoms with Gasteiger partial charge in [0.15, 0.2) is 13.8 Å². The van der Waals surface area contributed by atoms with Crippen LogP contribution in [0.25, 0.3) is 0 Å². The van der Waals surface area contributed by atoms with Gasteiger partial charge in [0.25, 0.3) is 0 Å². The maximum absolute atomic E-state index is 5.74. The first kappa shape index (κ1) is 11.4. The number of nitrogens with zero attached hydrogens (tertiary/aromatic N) is 1. The first-order valence-electron chi connectivity index (χ1n) is 5.79. The molecule has 0 bridgehead atoms. The molecular weight excluding hydrogens is 191 g/mol. The molecule has 2 aliphatic heterocycles. The van der Waals surface area contributed by atoms with Gasteiger partial charge in [-0.1, -0.05) is 0 Å². The Balaban J connectivity index is 1.66. The first-order chi connectivity index (χ1) is 7.05. The van der Waals surface area contributed by atoms with Crippen LogP contribution in [-0.4, -0.2) is 57.0 Å². The Morgan fingerprint density at radius 3 is 2.87 bits per heavy atom. The van der Waals surface area contributed by atoms with Crippen LogP contribution in [0.2, 0.25) is 0 Å². The highest BCUT2D eigenvalue weighted by Gasteiger charge is 2.32. The topological polar surface area (TPSA) is 33.7 Å². The van der Waals surface area contributed by atoms with Crippen LogP contribution in [0.4, 0.5) is 0 Å². The van der Waals surface area contributed by atoms with Gasteiger partial charge in [-0.2, -0.15) is 0 Å². The highest BCUT2D eigenvalue weighted by atomic mass is 16.7. The molecule has 0 spiro atoms. The van der Waals surface area contributed by atoms with Gasteiger partial charge in [-0.05, 0) is 26.8 Å². The molecule has 2 fully saturated rings. The standard InChI is InChI=1S/C10H21BN2O2/c1-10(2)14-7-9(15-10)5-12-8-3-4-13(11)6-8/h8-9,12H,3-7,11H2,1-2H3/t8-,9-/m0/s1. The van der Waals surface area contributed by atoms with Crippen molar-refractivity contribution in [1.29, 1.82) is 0 Å². The molecule has 2 rings (SSSR count). The predicted molar refractivity (Wildman–Crippen MR) is 61.4 cm³/mol. The molecule has 0 amide bonds. The Bertz CT molecular complexity index is 225. The molecule has 0 saturated carbocycles. The van der Waals surface area contributed by atoms with Crippen molar-refractivity contribution >= 4 is 7.98 Å². The minimum absolute atomic E-state index is 0.214. The summed E-state index contributed by atoms with van der Waals surface area (Å²) < 4.78 is 11.3. The zero-order valence-corrected chi connectivity index (χ0v) is 9.95. The summed E-state index contributed by atoms with van der Waals surface area (Å²) in [5, 5.41) is 3.55. The smallest absolute Gasteiger partial charge is 0.185 e. The van der Waals surface area contributed by atoms with Gasteiger partial charge >= 0.3 is 0 Å². The molecule has 15 heavy (non-hydrogen) atoms. The second-order valence-corrected chi connectivity index (χ2v) is 5.11. The van der Waals surface area contributed by atoms with Gasteiger partial charge in [-0.25, -0.2) is 0 Å². The quantitative estimate of drug-likeness (QED) is 0.630. The molecule has 0 aromatic rings. The van der Waals surface area contributed by atoms with Crippen molar-refractivity contribution in [2.24, 2.45) is 0 Å². The molecule has 0 aromatic heterocycles. The van der Waals surface area contributed by atoms with E-state index >= 15 is 0 Å². The van der Waals surface area contributed by atoms with Gasteiger partial charge in [0.1, 0.15) is 0 Å². The van der Waals surface area contributed by atoms with Crippen LogP contribution in [0, 0.1) is 0 Å². The maximum Gasteiger partial charge on any atom is 0.185 e. The van der Waals surface area contributed by atoms with E-state index in [0.29, 0.717) is 12.6 Å². The third-order valence-corrected chi connectivity index (χ3v) is 3.09. The third-order valence-electron chi connectivity index (χ3n) is 3.09. The fourth-order valence-electron chi connectivity index (χ4n) is 2.26. The molecule has 2 atom stereocenters. The predicted octanol–water partition coefficient (Wildman–Crippen LogP) is -0.650. The Morgan fingerprint density at radius 1 is 1.53 bits per heavy atom. The van der Waals surface area contributed by atoms with Crippen LogP contribution in [0.5, 0.6) is 0 Å². The van der Waals surface area contributed by atoms with Crippen LogP contribution in [0.3, 0.4) is 0 Å². The van der Waals surface area contributed by atoms with E-state index in [1.807, 2.05) is 13.8 Å². The SMILES string of the molecule is BN1CC[C@H](NC[C@H]2COC(C)(C)O2)C1. The van der Waals surface area contributed by atoms with Gasteiger partial charge < -0.3 is 19.6 Å². The summed E-state index contributed by atoms with van der Waals surface area (Å²) in [6.45, 7) is 7.90. The van der Waals surface area contributed by atoms with E-state index in [9.17, 15) is 0 Å². The monoisotopic (exact) mass is 212 g/mol. The van der Waals surface area contributed by atoms with Crippen molar-refractivity contribution in [2.75, 3.05) is 26.2 Å². The molecular formula is C10H21BN2O2. The number of ether oxygens (including phenoxy) is 2. The lowest BCUT2D eigenvalue weighted by atomic mass is 10.2. The summed E-state index contributed by atoms with van der Waals surface area (Å²) in [7, 11) is 2.17. The largest absolute Gasteiger partial charge is 0.348 e. The van der Waals surface area contributed by atoms with Gasteiger partial charge in [-0.3, -0.25) is 0 Å². The van der Waals surface area contributed by atoms with Crippen LogP contribution in [-0.2, 0) is 9.47 Å². The lowest BCUT2D eigenvalue weighted by molar-refractivity contribution is -0.137. The molecule has 2 heterocycles. The van der Waals surface area contributed by atoms with E-state index in [0.717, 1.165) is 13.1 Å². The molecule has 2 saturated heterocycles. The molecule has 0 radical (unpaired) electrons. The zero-order valence-electron chi connectivity index (χ0n) is 9.95. The van der Waals surface area contributed by atoms with E-state index in [2.05, 4.69) is 18.1 Å². The molecule has 0 aromatic carbocycles. The second kappa shape index (κ2) is 4.41. The van der Waals surface area contributed by atoms with Gasteiger partial charge in [0, 0.05) is 19.1 Å². The van der Waals surface area contributed by atoms with Gasteiger partial charge in [0.05, 0.1) is 12.7 Å². The molecule has 4 nitrogen and oxygen atoms in total. The van der Waals surface area contributed by atoms with E-state index in [-0.39, 0.29) is 6.10 Å². The summed E-state index contributed by atoms with van der Waals surface area (Å²) in [6.07, 6.45) is 1.46. The summed E-state index contributed by atoms with van der Waals surface area (Å²) in [4.78, 5) is 2.35. The number of hydrogen-bond donors (Lipinski definition) is 1. The first-order valence-corrected chi connectivity index (χ1v) is 5.79. The van der Waals surface area contributed by atoms with Crippen molar-refractivity contribution in [3.05, 3.63) is 0 Å². The van der Waals surface area contributed by atoms with Crippen LogP contribution >= 0.6 is 0 Å². The van der Waals surface area contributed by atoms with Crippen molar-refractivity contribution in [2.45, 2.75) is 38.2 Å². The lowest BCUT2D eigenvalue weighted by Crippen LogP contribution is -2.38. The lowest BCUT2D eigenvalue weighted by Gasteiger charge is -2.19. The minimum atomic E-state index is -0.390. The van der Waals surface area contributed by atoms with Crippen molar-refractivity contribution < 1.29 is 9.47 Å². The summed E-state index contributed by atoms with van der Waals surface area (Å²) >= 11 is 0. The van der Waals surface area contributed by atoms with Crippen molar-refractivity contribution in [3.8, 4) is 0 Å². The van der Waals surface area contributed by atoms with Gasteiger partial charge in [-0.15, -0.1) is 0 Å². The summed E-state index contributed by atoms with van der Waals surface area (Å²) in [5.41, 5.74) is 0. The number of rotatable bonds is 3. The van der Waals surface area contributed by atoms with Crippen LogP contribution in [0.1, 0.15) is 20.3 Å². The van der Waals surface area contributed by atoms with Crippen molar-refractivity contribution in [3.63, 3.8) is 0 Å². The highest BCUT2D eigenvalue weighted by molar-refractivity contribution is 6.04. The van der Waals surface area contributed by atoms with Crippen LogP contribution in [0.15, 0.2) is 0 Å².